The molecule has 0 saturated carbocycles. The average molecular weight is 682 g/mol. The number of nitrogens with zero attached hydrogens (tertiary/aromatic N) is 3. The Morgan fingerprint density at radius 1 is 0.918 bits per heavy atom. The highest BCUT2D eigenvalue weighted by Crippen LogP contribution is 2.30. The second-order valence-corrected chi connectivity index (χ2v) is 13.0. The van der Waals surface area contributed by atoms with E-state index in [2.05, 4.69) is 15.6 Å². The van der Waals surface area contributed by atoms with Gasteiger partial charge < -0.3 is 25.0 Å². The van der Waals surface area contributed by atoms with Crippen molar-refractivity contribution in [3.8, 4) is 11.1 Å². The Morgan fingerprint density at radius 3 is 2.45 bits per heavy atom. The molecule has 0 atom stereocenters. The molecule has 11 heteroatoms. The highest BCUT2D eigenvalue weighted by molar-refractivity contribution is 6.33. The van der Waals surface area contributed by atoms with Crippen molar-refractivity contribution < 1.29 is 23.9 Å². The summed E-state index contributed by atoms with van der Waals surface area (Å²) < 4.78 is 10.5. The van der Waals surface area contributed by atoms with Crippen molar-refractivity contribution in [2.45, 2.75) is 45.8 Å². The Bertz CT molecular complexity index is 1960. The molecule has 2 amide bonds. The minimum absolute atomic E-state index is 0.106. The van der Waals surface area contributed by atoms with Gasteiger partial charge in [-0.3, -0.25) is 9.78 Å². The zero-order valence-electron chi connectivity index (χ0n) is 28.1. The van der Waals surface area contributed by atoms with Gasteiger partial charge in [0.15, 0.2) is 0 Å². The lowest BCUT2D eigenvalue weighted by Gasteiger charge is -2.27. The summed E-state index contributed by atoms with van der Waals surface area (Å²) in [6.07, 6.45) is 3.71. The van der Waals surface area contributed by atoms with E-state index in [-0.39, 0.29) is 25.4 Å². The van der Waals surface area contributed by atoms with Crippen LogP contribution in [0.1, 0.15) is 49.5 Å². The first-order valence-corrected chi connectivity index (χ1v) is 16.5. The monoisotopic (exact) mass is 681 g/mol. The zero-order chi connectivity index (χ0) is 35.0. The normalized spacial score (nSPS) is 11.3. The topological polar surface area (TPSA) is 123 Å². The fourth-order valence-electron chi connectivity index (χ4n) is 5.37. The molecule has 49 heavy (non-hydrogen) atoms. The van der Waals surface area contributed by atoms with Crippen molar-refractivity contribution in [2.75, 3.05) is 32.1 Å². The van der Waals surface area contributed by atoms with Crippen LogP contribution in [0.4, 0.5) is 10.6 Å². The highest BCUT2D eigenvalue weighted by atomic mass is 35.5. The molecular formula is C38H40ClN5O5. The van der Waals surface area contributed by atoms with Crippen molar-refractivity contribution in [1.29, 1.82) is 0 Å². The number of carbonyl (C=O) groups excluding carboxylic acids is 3. The summed E-state index contributed by atoms with van der Waals surface area (Å²) in [5.41, 5.74) is 3.10. The van der Waals surface area contributed by atoms with Gasteiger partial charge in [0.25, 0.3) is 0 Å². The lowest BCUT2D eigenvalue weighted by Crippen LogP contribution is -2.39. The van der Waals surface area contributed by atoms with E-state index in [9.17, 15) is 14.4 Å². The average Bonchev–Trinajstić information content (AvgIpc) is 3.08. The van der Waals surface area contributed by atoms with Gasteiger partial charge in [-0.05, 0) is 62.6 Å². The molecule has 2 N–H and O–H groups in total. The predicted octanol–water partition coefficient (Wildman–Crippen LogP) is 7.64. The molecule has 0 aliphatic heterocycles. The highest BCUT2D eigenvalue weighted by Gasteiger charge is 2.23. The number of esters is 1. The molecule has 5 rings (SSSR count). The quantitative estimate of drug-likeness (QED) is 0.0783. The number of carbonyl (C=O) groups is 3. The van der Waals surface area contributed by atoms with E-state index >= 15 is 0 Å². The Morgan fingerprint density at radius 2 is 1.71 bits per heavy atom. The van der Waals surface area contributed by atoms with Gasteiger partial charge in [-0.2, -0.15) is 0 Å². The smallest absolute Gasteiger partial charge is 0.410 e. The number of hydrogen-bond donors (Lipinski definition) is 2. The number of aromatic nitrogens is 2. The Hall–Kier alpha value is -5.22. The maximum atomic E-state index is 13.1. The van der Waals surface area contributed by atoms with E-state index in [1.807, 2.05) is 81.4 Å². The second kappa shape index (κ2) is 15.8. The molecule has 5 aromatic rings. The van der Waals surface area contributed by atoms with Crippen LogP contribution in [0.25, 0.3) is 32.8 Å². The van der Waals surface area contributed by atoms with E-state index in [0.717, 1.165) is 32.8 Å². The minimum Gasteiger partial charge on any atom is -0.465 e. The van der Waals surface area contributed by atoms with Gasteiger partial charge in [0.2, 0.25) is 5.91 Å². The number of ether oxygens (including phenoxy) is 2. The molecule has 0 aliphatic rings. The Balaban J connectivity index is 1.17. The number of fused-ring (bicyclic) bond motifs is 3. The van der Waals surface area contributed by atoms with Crippen LogP contribution in [0.5, 0.6) is 0 Å². The van der Waals surface area contributed by atoms with Gasteiger partial charge in [-0.15, -0.1) is 0 Å². The summed E-state index contributed by atoms with van der Waals surface area (Å²) in [6.45, 7) is 6.80. The molecule has 0 aliphatic carbocycles. The summed E-state index contributed by atoms with van der Waals surface area (Å²) in [6, 6.07) is 22.7. The van der Waals surface area contributed by atoms with Crippen LogP contribution in [0.2, 0.25) is 5.02 Å². The molecule has 0 unspecified atom stereocenters. The van der Waals surface area contributed by atoms with Crippen molar-refractivity contribution in [3.05, 3.63) is 101 Å². The van der Waals surface area contributed by atoms with E-state index < -0.39 is 17.7 Å². The molecule has 0 radical (unpaired) electrons. The summed E-state index contributed by atoms with van der Waals surface area (Å²) in [7, 11) is 1.34. The van der Waals surface area contributed by atoms with E-state index in [4.69, 9.17) is 26.1 Å². The first-order chi connectivity index (χ1) is 23.5. The summed E-state index contributed by atoms with van der Waals surface area (Å²) in [5, 5.41) is 9.56. The van der Waals surface area contributed by atoms with E-state index in [1.165, 1.54) is 12.0 Å². The maximum absolute atomic E-state index is 13.1. The fraction of sp³-hybridized carbons (Fsp3) is 0.289. The largest absolute Gasteiger partial charge is 0.465 e. The summed E-state index contributed by atoms with van der Waals surface area (Å²) in [4.78, 5) is 48.6. The van der Waals surface area contributed by atoms with Crippen LogP contribution < -0.4 is 10.6 Å². The van der Waals surface area contributed by atoms with Gasteiger partial charge in [-0.25, -0.2) is 14.6 Å². The number of benzene rings is 3. The number of nitrogens with one attached hydrogen (secondary N) is 2. The molecular weight excluding hydrogens is 642 g/mol. The van der Waals surface area contributed by atoms with Gasteiger partial charge in [-0.1, -0.05) is 60.1 Å². The van der Waals surface area contributed by atoms with E-state index in [0.29, 0.717) is 41.4 Å². The molecule has 254 valence electrons. The molecule has 3 aromatic carbocycles. The molecule has 2 heterocycles. The van der Waals surface area contributed by atoms with Crippen LogP contribution >= 0.6 is 11.6 Å². The van der Waals surface area contributed by atoms with Crippen LogP contribution in [0.15, 0.2) is 85.2 Å². The number of pyridine rings is 2. The number of anilines is 1. The lowest BCUT2D eigenvalue weighted by atomic mass is 10.0. The van der Waals surface area contributed by atoms with Crippen LogP contribution in [-0.4, -0.2) is 65.2 Å². The maximum Gasteiger partial charge on any atom is 0.410 e. The van der Waals surface area contributed by atoms with Crippen molar-refractivity contribution in [3.63, 3.8) is 0 Å². The third-order valence-electron chi connectivity index (χ3n) is 7.74. The van der Waals surface area contributed by atoms with Gasteiger partial charge >= 0.3 is 12.1 Å². The molecule has 0 saturated heterocycles. The van der Waals surface area contributed by atoms with Crippen LogP contribution in [0, 0.1) is 0 Å². The second-order valence-electron chi connectivity index (χ2n) is 12.6. The standard InChI is InChI=1S/C38H40ClN5O5/c1-38(2,3)49-37(47)44(24-25-11-13-28(32(39)21-25)26-9-6-5-7-10-26)20-16-34(45)41-17-8-18-42-35-30-15-19-40-23-31(30)29-14-12-27(36(46)48-4)22-33(29)43-35/h5-7,9-15,19,21-23H,8,16-18,20,24H2,1-4H3,(H,41,45)(H,42,43). The number of methoxy groups -OCH3 is 1. The van der Waals surface area contributed by atoms with Crippen LogP contribution in [0.3, 0.4) is 0 Å². The van der Waals surface area contributed by atoms with Crippen LogP contribution in [-0.2, 0) is 20.8 Å². The minimum atomic E-state index is -0.690. The van der Waals surface area contributed by atoms with Gasteiger partial charge in [0, 0.05) is 71.7 Å². The first kappa shape index (κ1) is 35.1. The number of halogens is 1. The zero-order valence-corrected chi connectivity index (χ0v) is 28.8. The summed E-state index contributed by atoms with van der Waals surface area (Å²) in [5.74, 6) is 0.0428. The summed E-state index contributed by atoms with van der Waals surface area (Å²) >= 11 is 6.63. The SMILES string of the molecule is COC(=O)c1ccc2c(c1)nc(NCCCNC(=O)CCN(Cc1ccc(-c3ccccc3)c(Cl)c1)C(=O)OC(C)(C)C)c1ccncc12. The molecule has 10 nitrogen and oxygen atoms in total. The molecule has 0 fully saturated rings. The predicted molar refractivity (Wildman–Crippen MR) is 193 cm³/mol. The van der Waals surface area contributed by atoms with Gasteiger partial charge in [0.1, 0.15) is 11.4 Å². The third kappa shape index (κ3) is 9.23. The van der Waals surface area contributed by atoms with Crippen molar-refractivity contribution in [1.82, 2.24) is 20.2 Å². The fourth-order valence-corrected chi connectivity index (χ4v) is 5.68. The third-order valence-corrected chi connectivity index (χ3v) is 8.05. The molecule has 2 aromatic heterocycles. The number of amides is 2. The Kier molecular flexibility index (Phi) is 11.3. The first-order valence-electron chi connectivity index (χ1n) is 16.1. The lowest BCUT2D eigenvalue weighted by molar-refractivity contribution is -0.121. The molecule has 0 spiro atoms. The number of rotatable bonds is 12. The van der Waals surface area contributed by atoms with Crippen molar-refractivity contribution >= 4 is 57.1 Å². The Labute approximate surface area is 290 Å². The van der Waals surface area contributed by atoms with Gasteiger partial charge in [0.05, 0.1) is 18.2 Å². The number of hydrogen-bond acceptors (Lipinski definition) is 8. The van der Waals surface area contributed by atoms with E-state index in [1.54, 1.807) is 24.5 Å². The molecule has 0 bridgehead atoms. The van der Waals surface area contributed by atoms with Crippen molar-refractivity contribution in [2.24, 2.45) is 0 Å².